The van der Waals surface area contributed by atoms with Crippen molar-refractivity contribution in [3.8, 4) is 0 Å². The van der Waals surface area contributed by atoms with E-state index in [2.05, 4.69) is 22.9 Å². The van der Waals surface area contributed by atoms with E-state index in [9.17, 15) is 8.42 Å². The summed E-state index contributed by atoms with van der Waals surface area (Å²) in [5.74, 6) is 0. The molecule has 0 radical (unpaired) electrons. The predicted molar refractivity (Wildman–Crippen MR) is 102 cm³/mol. The highest BCUT2D eigenvalue weighted by Crippen LogP contribution is 2.13. The monoisotopic (exact) mass is 457 g/mol. The highest BCUT2D eigenvalue weighted by molar-refractivity contribution is 9.10. The van der Waals surface area contributed by atoms with E-state index in [0.717, 1.165) is 17.6 Å². The Labute approximate surface area is 168 Å². The van der Waals surface area contributed by atoms with Crippen LogP contribution in [0.15, 0.2) is 17.1 Å². The lowest BCUT2D eigenvalue weighted by Gasteiger charge is -2.05. The van der Waals surface area contributed by atoms with E-state index in [0.29, 0.717) is 0 Å². The quantitative estimate of drug-likeness (QED) is 0.328. The first-order valence-electron chi connectivity index (χ1n) is 9.09. The molecule has 0 saturated heterocycles. The van der Waals surface area contributed by atoms with Crippen molar-refractivity contribution in [2.45, 2.75) is 77.7 Å². The molecule has 0 bridgehead atoms. The molecule has 0 unspecified atom stereocenters. The van der Waals surface area contributed by atoms with Gasteiger partial charge in [0.05, 0.1) is 6.54 Å². The van der Waals surface area contributed by atoms with E-state index < -0.39 is 10.2 Å². The first-order valence-corrected chi connectivity index (χ1v) is 11.3. The minimum atomic E-state index is -3.43. The molecule has 0 spiro atoms. The third kappa shape index (κ3) is 8.89. The number of hydrogen-bond acceptors (Lipinski definition) is 2. The van der Waals surface area contributed by atoms with Gasteiger partial charge in [0.25, 0.3) is 6.33 Å². The van der Waals surface area contributed by atoms with Gasteiger partial charge in [-0.25, -0.2) is 4.57 Å². The average molecular weight is 459 g/mol. The molecule has 5 nitrogen and oxygen atoms in total. The second kappa shape index (κ2) is 13.1. The van der Waals surface area contributed by atoms with Crippen LogP contribution in [0, 0.1) is 0 Å². The topological polar surface area (TPSA) is 46.2 Å². The van der Waals surface area contributed by atoms with Gasteiger partial charge in [-0.1, -0.05) is 58.3 Å². The molecule has 0 fully saturated rings. The van der Waals surface area contributed by atoms with Crippen molar-refractivity contribution >= 4 is 26.1 Å². The van der Waals surface area contributed by atoms with Crippen molar-refractivity contribution in [2.24, 2.45) is 0 Å². The summed E-state index contributed by atoms with van der Waals surface area (Å²) in [5.41, 5.74) is 0. The predicted octanol–water partition coefficient (Wildman–Crippen LogP) is 1.12. The van der Waals surface area contributed by atoms with Crippen LogP contribution in [-0.2, 0) is 16.8 Å². The van der Waals surface area contributed by atoms with Crippen molar-refractivity contribution in [3.63, 3.8) is 0 Å². The summed E-state index contributed by atoms with van der Waals surface area (Å²) in [6.07, 6.45) is 16.3. The van der Waals surface area contributed by atoms with E-state index in [1.165, 1.54) is 80.2 Å². The van der Waals surface area contributed by atoms with Gasteiger partial charge in [0.15, 0.2) is 6.20 Å². The van der Waals surface area contributed by atoms with Crippen LogP contribution in [0.5, 0.6) is 0 Å². The van der Waals surface area contributed by atoms with Crippen LogP contribution >= 0.6 is 15.9 Å². The van der Waals surface area contributed by atoms with Crippen molar-refractivity contribution in [2.75, 3.05) is 14.1 Å². The molecule has 0 amide bonds. The maximum atomic E-state index is 12.1. The molecule has 0 saturated carbocycles. The highest BCUT2D eigenvalue weighted by Gasteiger charge is 2.24. The number of nitrogens with zero attached hydrogens (tertiary/aromatic N) is 3. The molecule has 0 N–H and O–H groups in total. The zero-order chi connectivity index (χ0) is 18.0. The Balaban J connectivity index is 0.00000576. The lowest BCUT2D eigenvalue weighted by molar-refractivity contribution is -0.515. The summed E-state index contributed by atoms with van der Waals surface area (Å²) in [7, 11) is -0.357. The van der Waals surface area contributed by atoms with Gasteiger partial charge in [0.1, 0.15) is 0 Å². The Bertz CT molecular complexity index is 576. The van der Waals surface area contributed by atoms with Gasteiger partial charge in [-0.15, -0.1) is 3.97 Å². The fourth-order valence-electron chi connectivity index (χ4n) is 2.65. The number of unbranched alkanes of at least 4 members (excludes halogenated alkanes) is 9. The fourth-order valence-corrected chi connectivity index (χ4v) is 4.12. The van der Waals surface area contributed by atoms with Crippen molar-refractivity contribution in [3.05, 3.63) is 17.1 Å². The van der Waals surface area contributed by atoms with Gasteiger partial charge in [0, 0.05) is 30.0 Å². The van der Waals surface area contributed by atoms with E-state index >= 15 is 0 Å². The van der Waals surface area contributed by atoms with Gasteiger partial charge in [-0.2, -0.15) is 12.7 Å². The van der Waals surface area contributed by atoms with Crippen LogP contribution in [0.4, 0.5) is 0 Å². The second-order valence-corrected chi connectivity index (χ2v) is 9.42. The maximum absolute atomic E-state index is 12.1. The second-order valence-electron chi connectivity index (χ2n) is 6.56. The lowest BCUT2D eigenvalue weighted by Crippen LogP contribution is -3.00. The fraction of sp³-hybridized carbons (Fsp3) is 0.824. The summed E-state index contributed by atoms with van der Waals surface area (Å²) in [6, 6.07) is 0. The Kier molecular flexibility index (Phi) is 13.1. The molecule has 0 aliphatic rings. The Morgan fingerprint density at radius 3 is 1.96 bits per heavy atom. The van der Waals surface area contributed by atoms with E-state index in [1.807, 2.05) is 4.57 Å². The van der Waals surface area contributed by atoms with Crippen LogP contribution in [0.1, 0.15) is 71.1 Å². The SMILES string of the molecule is CCCCCCCCCCCCn1c[n+](S(=O)(=O)N(C)C)cc1Br.[Cl-]. The molecule has 0 aromatic carbocycles. The summed E-state index contributed by atoms with van der Waals surface area (Å²) in [6.45, 7) is 3.09. The number of imidazole rings is 1. The molecule has 0 aliphatic heterocycles. The van der Waals surface area contributed by atoms with Crippen LogP contribution in [-0.4, -0.2) is 31.4 Å². The molecule has 8 heteroatoms. The van der Waals surface area contributed by atoms with E-state index in [4.69, 9.17) is 0 Å². The number of rotatable bonds is 13. The first-order chi connectivity index (χ1) is 11.4. The van der Waals surface area contributed by atoms with Crippen LogP contribution in [0.2, 0.25) is 0 Å². The Hall–Kier alpha value is -0.110. The number of aromatic nitrogens is 2. The maximum Gasteiger partial charge on any atom is 0.379 e. The van der Waals surface area contributed by atoms with Crippen LogP contribution < -0.4 is 16.4 Å². The van der Waals surface area contributed by atoms with Crippen LogP contribution in [0.3, 0.4) is 0 Å². The number of aryl methyl sites for hydroxylation is 1. The summed E-state index contributed by atoms with van der Waals surface area (Å²) in [4.78, 5) is 0. The highest BCUT2D eigenvalue weighted by atomic mass is 79.9. The molecule has 148 valence electrons. The molecule has 0 atom stereocenters. The summed E-state index contributed by atoms with van der Waals surface area (Å²) in [5, 5.41) is 0. The Morgan fingerprint density at radius 2 is 1.48 bits per heavy atom. The molecular formula is C17H33BrClN3O2S. The minimum absolute atomic E-state index is 0. The smallest absolute Gasteiger partial charge is 0.379 e. The summed E-state index contributed by atoms with van der Waals surface area (Å²) < 4.78 is 29.4. The van der Waals surface area contributed by atoms with Crippen molar-refractivity contribution < 1.29 is 24.8 Å². The molecule has 0 aliphatic carbocycles. The molecule has 25 heavy (non-hydrogen) atoms. The lowest BCUT2D eigenvalue weighted by atomic mass is 10.1. The zero-order valence-electron chi connectivity index (χ0n) is 15.8. The van der Waals surface area contributed by atoms with Gasteiger partial charge in [-0.05, 0) is 12.8 Å². The average Bonchev–Trinajstić information content (AvgIpc) is 2.91. The van der Waals surface area contributed by atoms with Crippen LogP contribution in [0.25, 0.3) is 0 Å². The normalized spacial score (nSPS) is 11.7. The standard InChI is InChI=1S/C17H33BrN3O2S.ClH/c1-4-5-6-7-8-9-10-11-12-13-14-20-16-21(15-17(20)18)24(22,23)19(2)3;/h15-16H,4-14H2,1-3H3;1H/q+1;/p-1. The zero-order valence-corrected chi connectivity index (χ0v) is 18.9. The molecule has 1 rings (SSSR count). The van der Waals surface area contributed by atoms with Gasteiger partial charge in [-0.3, -0.25) is 0 Å². The van der Waals surface area contributed by atoms with E-state index in [1.54, 1.807) is 12.5 Å². The first kappa shape index (κ1) is 24.9. The summed E-state index contributed by atoms with van der Waals surface area (Å²) >= 11 is 3.44. The minimum Gasteiger partial charge on any atom is -1.00 e. The molecule has 1 aromatic heterocycles. The third-order valence-electron chi connectivity index (χ3n) is 4.24. The largest absolute Gasteiger partial charge is 1.00 e. The van der Waals surface area contributed by atoms with Gasteiger partial charge < -0.3 is 12.4 Å². The molecular weight excluding hydrogens is 426 g/mol. The number of halogens is 2. The third-order valence-corrected chi connectivity index (χ3v) is 6.56. The number of hydrogen-bond donors (Lipinski definition) is 0. The van der Waals surface area contributed by atoms with Gasteiger partial charge >= 0.3 is 10.2 Å². The van der Waals surface area contributed by atoms with Crippen molar-refractivity contribution in [1.29, 1.82) is 0 Å². The molecule has 1 aromatic rings. The molecule has 1 heterocycles. The van der Waals surface area contributed by atoms with E-state index in [-0.39, 0.29) is 12.4 Å². The Morgan fingerprint density at radius 1 is 1.00 bits per heavy atom. The van der Waals surface area contributed by atoms with Gasteiger partial charge in [0.2, 0.25) is 4.60 Å². The van der Waals surface area contributed by atoms with Crippen molar-refractivity contribution in [1.82, 2.24) is 8.87 Å².